The number of hydrogen-bond donors (Lipinski definition) is 1. The second-order valence-corrected chi connectivity index (χ2v) is 4.78. The molecule has 2 aromatic rings. The normalized spacial score (nSPS) is 20.8. The van der Waals surface area contributed by atoms with Crippen LogP contribution in [0.4, 0.5) is 8.78 Å². The van der Waals surface area contributed by atoms with Crippen molar-refractivity contribution in [3.8, 4) is 0 Å². The average Bonchev–Trinajstić information content (AvgIpc) is 2.68. The summed E-state index contributed by atoms with van der Waals surface area (Å²) in [5.74, 6) is -0.517. The maximum Gasteiger partial charge on any atom is 0.123 e. The van der Waals surface area contributed by atoms with Crippen molar-refractivity contribution in [3.63, 3.8) is 0 Å². The van der Waals surface area contributed by atoms with Gasteiger partial charge in [0.25, 0.3) is 0 Å². The zero-order valence-corrected chi connectivity index (χ0v) is 11.0. The molecule has 0 heterocycles. The molecule has 0 spiro atoms. The van der Waals surface area contributed by atoms with Crippen LogP contribution >= 0.6 is 12.4 Å². The van der Waals surface area contributed by atoms with Crippen LogP contribution in [-0.4, -0.2) is 0 Å². The van der Waals surface area contributed by atoms with Gasteiger partial charge in [-0.2, -0.15) is 0 Å². The molecule has 100 valence electrons. The first-order chi connectivity index (χ1) is 8.59. The Balaban J connectivity index is 0.00000133. The summed E-state index contributed by atoms with van der Waals surface area (Å²) < 4.78 is 26.1. The van der Waals surface area contributed by atoms with E-state index in [0.29, 0.717) is 0 Å². The minimum atomic E-state index is -0.628. The number of aryl methyl sites for hydroxylation is 1. The third kappa shape index (κ3) is 2.24. The van der Waals surface area contributed by atoms with Crippen LogP contribution in [0.5, 0.6) is 0 Å². The lowest BCUT2D eigenvalue weighted by atomic mass is 9.85. The first-order valence-electron chi connectivity index (χ1n) is 5.93. The van der Waals surface area contributed by atoms with E-state index in [2.05, 4.69) is 0 Å². The summed E-state index contributed by atoms with van der Waals surface area (Å²) in [4.78, 5) is 0. The van der Waals surface area contributed by atoms with E-state index in [0.717, 1.165) is 29.5 Å². The maximum absolute atomic E-state index is 13.2. The SMILES string of the molecule is Cl.NC1(c2ccc(F)cc2)CCc2cc(F)ccc21. The zero-order chi connectivity index (χ0) is 12.8. The van der Waals surface area contributed by atoms with Gasteiger partial charge < -0.3 is 5.73 Å². The highest BCUT2D eigenvalue weighted by Crippen LogP contribution is 2.40. The Kier molecular flexibility index (Phi) is 3.61. The first kappa shape index (κ1) is 14.0. The van der Waals surface area contributed by atoms with Crippen LogP contribution in [0.3, 0.4) is 0 Å². The molecule has 1 atom stereocenters. The van der Waals surface area contributed by atoms with Crippen molar-refractivity contribution in [2.45, 2.75) is 18.4 Å². The summed E-state index contributed by atoms with van der Waals surface area (Å²) in [5, 5.41) is 0. The highest BCUT2D eigenvalue weighted by atomic mass is 35.5. The molecule has 0 fully saturated rings. The highest BCUT2D eigenvalue weighted by Gasteiger charge is 2.36. The summed E-state index contributed by atoms with van der Waals surface area (Å²) in [5.41, 5.74) is 8.58. The van der Waals surface area contributed by atoms with Crippen LogP contribution in [0.2, 0.25) is 0 Å². The molecule has 0 bridgehead atoms. The van der Waals surface area contributed by atoms with Gasteiger partial charge in [0.05, 0.1) is 5.54 Å². The van der Waals surface area contributed by atoms with Gasteiger partial charge in [0, 0.05) is 0 Å². The smallest absolute Gasteiger partial charge is 0.123 e. The molecule has 0 aromatic heterocycles. The summed E-state index contributed by atoms with van der Waals surface area (Å²) in [6.07, 6.45) is 1.47. The average molecular weight is 282 g/mol. The van der Waals surface area contributed by atoms with E-state index in [4.69, 9.17) is 5.73 Å². The van der Waals surface area contributed by atoms with E-state index < -0.39 is 5.54 Å². The summed E-state index contributed by atoms with van der Waals surface area (Å²) in [6, 6.07) is 10.9. The predicted octanol–water partition coefficient (Wildman–Crippen LogP) is 3.54. The van der Waals surface area contributed by atoms with E-state index in [1.54, 1.807) is 18.2 Å². The Morgan fingerprint density at radius 3 is 2.26 bits per heavy atom. The Hall–Kier alpha value is -1.45. The van der Waals surface area contributed by atoms with Gasteiger partial charge in [0.15, 0.2) is 0 Å². The van der Waals surface area contributed by atoms with Crippen molar-refractivity contribution in [2.75, 3.05) is 0 Å². The third-order valence-electron chi connectivity index (χ3n) is 3.70. The Morgan fingerprint density at radius 2 is 1.58 bits per heavy atom. The second kappa shape index (κ2) is 4.91. The quantitative estimate of drug-likeness (QED) is 0.850. The minimum absolute atomic E-state index is 0. The molecular formula is C15H14ClF2N. The third-order valence-corrected chi connectivity index (χ3v) is 3.70. The number of fused-ring (bicyclic) bond motifs is 1. The van der Waals surface area contributed by atoms with Crippen LogP contribution in [0, 0.1) is 11.6 Å². The van der Waals surface area contributed by atoms with Crippen LogP contribution in [0.1, 0.15) is 23.1 Å². The molecule has 0 aliphatic heterocycles. The molecule has 4 heteroatoms. The molecule has 0 saturated carbocycles. The van der Waals surface area contributed by atoms with Gasteiger partial charge in [-0.1, -0.05) is 18.2 Å². The molecule has 1 aliphatic rings. The molecule has 1 aliphatic carbocycles. The minimum Gasteiger partial charge on any atom is -0.318 e. The zero-order valence-electron chi connectivity index (χ0n) is 10.2. The van der Waals surface area contributed by atoms with Crippen LogP contribution in [0.25, 0.3) is 0 Å². The van der Waals surface area contributed by atoms with Gasteiger partial charge in [-0.3, -0.25) is 0 Å². The largest absolute Gasteiger partial charge is 0.318 e. The Labute approximate surface area is 116 Å². The van der Waals surface area contributed by atoms with Crippen LogP contribution in [-0.2, 0) is 12.0 Å². The van der Waals surface area contributed by atoms with Gasteiger partial charge in [-0.05, 0) is 53.8 Å². The number of rotatable bonds is 1. The fourth-order valence-corrected chi connectivity index (χ4v) is 2.72. The fraction of sp³-hybridized carbons (Fsp3) is 0.200. The number of hydrogen-bond acceptors (Lipinski definition) is 1. The lowest BCUT2D eigenvalue weighted by molar-refractivity contribution is 0.532. The Bertz CT molecular complexity index is 598. The fourth-order valence-electron chi connectivity index (χ4n) is 2.72. The second-order valence-electron chi connectivity index (χ2n) is 4.78. The molecule has 1 nitrogen and oxygen atoms in total. The molecule has 2 N–H and O–H groups in total. The Morgan fingerprint density at radius 1 is 0.947 bits per heavy atom. The van der Waals surface area contributed by atoms with Crippen molar-refractivity contribution in [3.05, 3.63) is 70.8 Å². The van der Waals surface area contributed by atoms with Gasteiger partial charge in [0.1, 0.15) is 11.6 Å². The van der Waals surface area contributed by atoms with Crippen LogP contribution < -0.4 is 5.73 Å². The van der Waals surface area contributed by atoms with E-state index in [-0.39, 0.29) is 24.0 Å². The number of benzene rings is 2. The summed E-state index contributed by atoms with van der Waals surface area (Å²) in [6.45, 7) is 0. The van der Waals surface area contributed by atoms with Crippen molar-refractivity contribution in [1.29, 1.82) is 0 Å². The van der Waals surface area contributed by atoms with Crippen molar-refractivity contribution in [1.82, 2.24) is 0 Å². The predicted molar refractivity (Wildman–Crippen MR) is 73.3 cm³/mol. The molecular weight excluding hydrogens is 268 g/mol. The molecule has 1 unspecified atom stereocenters. The number of nitrogens with two attached hydrogens (primary N) is 1. The lowest BCUT2D eigenvalue weighted by Crippen LogP contribution is -2.35. The topological polar surface area (TPSA) is 26.0 Å². The summed E-state index contributed by atoms with van der Waals surface area (Å²) in [7, 11) is 0. The van der Waals surface area contributed by atoms with Crippen molar-refractivity contribution < 1.29 is 8.78 Å². The molecule has 19 heavy (non-hydrogen) atoms. The van der Waals surface area contributed by atoms with Gasteiger partial charge >= 0.3 is 0 Å². The van der Waals surface area contributed by atoms with Gasteiger partial charge in [-0.15, -0.1) is 12.4 Å². The van der Waals surface area contributed by atoms with Gasteiger partial charge in [0.2, 0.25) is 0 Å². The van der Waals surface area contributed by atoms with Gasteiger partial charge in [-0.25, -0.2) is 8.78 Å². The van der Waals surface area contributed by atoms with Crippen molar-refractivity contribution >= 4 is 12.4 Å². The molecule has 0 radical (unpaired) electrons. The van der Waals surface area contributed by atoms with Crippen molar-refractivity contribution in [2.24, 2.45) is 5.73 Å². The highest BCUT2D eigenvalue weighted by molar-refractivity contribution is 5.85. The van der Waals surface area contributed by atoms with E-state index in [1.807, 2.05) is 0 Å². The van der Waals surface area contributed by atoms with E-state index >= 15 is 0 Å². The van der Waals surface area contributed by atoms with Crippen LogP contribution in [0.15, 0.2) is 42.5 Å². The maximum atomic E-state index is 13.2. The van der Waals surface area contributed by atoms with E-state index in [9.17, 15) is 8.78 Å². The van der Waals surface area contributed by atoms with E-state index in [1.165, 1.54) is 24.3 Å². The summed E-state index contributed by atoms with van der Waals surface area (Å²) >= 11 is 0. The molecule has 2 aromatic carbocycles. The lowest BCUT2D eigenvalue weighted by Gasteiger charge is -2.26. The first-order valence-corrected chi connectivity index (χ1v) is 5.93. The standard InChI is InChI=1S/C15H13F2N.ClH/c16-12-3-1-11(2-4-12)15(18)8-7-10-9-13(17)5-6-14(10)15;/h1-6,9H,7-8,18H2;1H. The molecule has 0 amide bonds. The molecule has 3 rings (SSSR count). The number of halogens is 3. The molecule has 0 saturated heterocycles. The monoisotopic (exact) mass is 281 g/mol.